The zero-order chi connectivity index (χ0) is 13.9. The van der Waals surface area contributed by atoms with Gasteiger partial charge in [-0.3, -0.25) is 9.59 Å². The van der Waals surface area contributed by atoms with E-state index in [4.69, 9.17) is 9.47 Å². The van der Waals surface area contributed by atoms with Crippen molar-refractivity contribution in [3.8, 4) is 11.3 Å². The van der Waals surface area contributed by atoms with E-state index < -0.39 is 18.2 Å². The van der Waals surface area contributed by atoms with Crippen molar-refractivity contribution in [1.82, 2.24) is 15.4 Å². The first kappa shape index (κ1) is 12.2. The molecule has 0 unspecified atom stereocenters. The predicted octanol–water partition coefficient (Wildman–Crippen LogP) is 1.03. The lowest BCUT2D eigenvalue weighted by Crippen LogP contribution is -2.27. The number of ether oxygens (including phenoxy) is 2. The van der Waals surface area contributed by atoms with Crippen LogP contribution in [-0.4, -0.2) is 27.3 Å². The third-order valence-electron chi connectivity index (χ3n) is 2.76. The summed E-state index contributed by atoms with van der Waals surface area (Å²) in [6.07, 6.45) is 0.0704. The van der Waals surface area contributed by atoms with Crippen LogP contribution in [0.3, 0.4) is 0 Å². The van der Waals surface area contributed by atoms with Crippen LogP contribution in [0, 0.1) is 0 Å². The molecule has 0 aliphatic carbocycles. The molecule has 7 nitrogen and oxygen atoms in total. The van der Waals surface area contributed by atoms with Gasteiger partial charge in [0.25, 0.3) is 6.29 Å². The molecule has 1 fully saturated rings. The van der Waals surface area contributed by atoms with Crippen LogP contribution in [0.15, 0.2) is 36.5 Å². The number of carbonyl (C=O) groups is 2. The maximum Gasteiger partial charge on any atom is 0.320 e. The van der Waals surface area contributed by atoms with Gasteiger partial charge in [0.2, 0.25) is 0 Å². The van der Waals surface area contributed by atoms with E-state index in [1.807, 2.05) is 0 Å². The highest BCUT2D eigenvalue weighted by atomic mass is 16.7. The minimum absolute atomic E-state index is 0.367. The Morgan fingerprint density at radius 2 is 1.80 bits per heavy atom. The van der Waals surface area contributed by atoms with E-state index in [2.05, 4.69) is 15.4 Å². The maximum absolute atomic E-state index is 11.3. The van der Waals surface area contributed by atoms with Crippen LogP contribution < -0.4 is 0 Å². The zero-order valence-corrected chi connectivity index (χ0v) is 10.2. The normalized spacial score (nSPS) is 15.6. The third-order valence-corrected chi connectivity index (χ3v) is 2.76. The predicted molar refractivity (Wildman–Crippen MR) is 64.8 cm³/mol. The van der Waals surface area contributed by atoms with Crippen molar-refractivity contribution < 1.29 is 19.1 Å². The average Bonchev–Trinajstić information content (AvgIpc) is 2.47. The molecule has 0 saturated carbocycles. The lowest BCUT2D eigenvalue weighted by atomic mass is 10.0. The fourth-order valence-electron chi connectivity index (χ4n) is 1.91. The lowest BCUT2D eigenvalue weighted by molar-refractivity contribution is -0.204. The molecule has 20 heavy (non-hydrogen) atoms. The topological polar surface area (TPSA) is 91.3 Å². The molecule has 7 heteroatoms. The van der Waals surface area contributed by atoms with E-state index in [9.17, 15) is 9.59 Å². The van der Waals surface area contributed by atoms with Crippen LogP contribution in [0.5, 0.6) is 0 Å². The van der Waals surface area contributed by atoms with Gasteiger partial charge < -0.3 is 9.47 Å². The number of hydrogen-bond donors (Lipinski definition) is 0. The van der Waals surface area contributed by atoms with Crippen LogP contribution in [0.1, 0.15) is 18.3 Å². The largest absolute Gasteiger partial charge is 0.420 e. The fraction of sp³-hybridized carbons (Fsp3) is 0.154. The summed E-state index contributed by atoms with van der Waals surface area (Å²) in [6.45, 7) is 0. The number of benzene rings is 1. The first-order valence-corrected chi connectivity index (χ1v) is 5.86. The van der Waals surface area contributed by atoms with Gasteiger partial charge in [0.05, 0.1) is 11.9 Å². The number of aromatic nitrogens is 3. The van der Waals surface area contributed by atoms with E-state index in [0.717, 1.165) is 0 Å². The van der Waals surface area contributed by atoms with Crippen molar-refractivity contribution >= 4 is 11.9 Å². The quantitative estimate of drug-likeness (QED) is 0.595. The van der Waals surface area contributed by atoms with Crippen molar-refractivity contribution in [3.05, 3.63) is 42.1 Å². The second-order valence-corrected chi connectivity index (χ2v) is 4.08. The molecular formula is C13H9N3O4. The van der Waals surface area contributed by atoms with Gasteiger partial charge >= 0.3 is 11.9 Å². The summed E-state index contributed by atoms with van der Waals surface area (Å²) in [5, 5.41) is 11.1. The minimum Gasteiger partial charge on any atom is -0.420 e. The van der Waals surface area contributed by atoms with Gasteiger partial charge in [0.1, 0.15) is 6.42 Å². The highest BCUT2D eigenvalue weighted by Crippen LogP contribution is 2.31. The number of hydrogen-bond acceptors (Lipinski definition) is 7. The standard InChI is InChI=1S/C13H9N3O4/c17-11-7-12(18)20-13(19-11)9-4-2-1-3-8(9)10-5-6-14-16-15-10/h1-6,13H,7H2. The Hall–Kier alpha value is -2.83. The minimum atomic E-state index is -1.06. The molecule has 0 bridgehead atoms. The van der Waals surface area contributed by atoms with Crippen molar-refractivity contribution in [2.45, 2.75) is 12.7 Å². The highest BCUT2D eigenvalue weighted by molar-refractivity contribution is 5.92. The summed E-state index contributed by atoms with van der Waals surface area (Å²) in [5.41, 5.74) is 1.75. The highest BCUT2D eigenvalue weighted by Gasteiger charge is 2.30. The van der Waals surface area contributed by atoms with Gasteiger partial charge in [0, 0.05) is 11.1 Å². The molecule has 2 heterocycles. The molecule has 1 saturated heterocycles. The zero-order valence-electron chi connectivity index (χ0n) is 10.2. The van der Waals surface area contributed by atoms with Crippen LogP contribution in [0.4, 0.5) is 0 Å². The lowest BCUT2D eigenvalue weighted by Gasteiger charge is -2.23. The van der Waals surface area contributed by atoms with Crippen molar-refractivity contribution in [3.63, 3.8) is 0 Å². The fourth-order valence-corrected chi connectivity index (χ4v) is 1.91. The summed E-state index contributed by atoms with van der Waals surface area (Å²) < 4.78 is 10.1. The van der Waals surface area contributed by atoms with Gasteiger partial charge in [-0.25, -0.2) is 0 Å². The Labute approximate surface area is 113 Å². The Kier molecular flexibility index (Phi) is 3.08. The number of rotatable bonds is 2. The van der Waals surface area contributed by atoms with E-state index in [-0.39, 0.29) is 6.42 Å². The molecule has 100 valence electrons. The van der Waals surface area contributed by atoms with Crippen LogP contribution in [0.2, 0.25) is 0 Å². The molecule has 3 rings (SSSR count). The molecule has 0 amide bonds. The summed E-state index contributed by atoms with van der Waals surface area (Å²) in [6, 6.07) is 8.69. The van der Waals surface area contributed by atoms with Crippen LogP contribution >= 0.6 is 0 Å². The molecule has 2 aromatic rings. The molecule has 0 radical (unpaired) electrons. The first-order valence-electron chi connectivity index (χ1n) is 5.86. The van der Waals surface area contributed by atoms with Gasteiger partial charge in [-0.05, 0) is 11.3 Å². The van der Waals surface area contributed by atoms with Crippen LogP contribution in [0.25, 0.3) is 11.3 Å². The third kappa shape index (κ3) is 2.33. The number of cyclic esters (lactones) is 2. The molecule has 1 aromatic heterocycles. The van der Waals surface area contributed by atoms with E-state index >= 15 is 0 Å². The Morgan fingerprint density at radius 1 is 1.05 bits per heavy atom. The monoisotopic (exact) mass is 271 g/mol. The van der Waals surface area contributed by atoms with Crippen molar-refractivity contribution in [1.29, 1.82) is 0 Å². The average molecular weight is 271 g/mol. The van der Waals surface area contributed by atoms with Gasteiger partial charge in [-0.1, -0.05) is 24.3 Å². The summed E-state index contributed by atoms with van der Waals surface area (Å²) in [4.78, 5) is 22.7. The second kappa shape index (κ2) is 5.04. The van der Waals surface area contributed by atoms with Crippen LogP contribution in [-0.2, 0) is 19.1 Å². The molecule has 0 N–H and O–H groups in total. The Morgan fingerprint density at radius 3 is 2.50 bits per heavy atom. The Bertz CT molecular complexity index is 644. The maximum atomic E-state index is 11.3. The molecule has 0 atom stereocenters. The first-order chi connectivity index (χ1) is 9.74. The van der Waals surface area contributed by atoms with E-state index in [0.29, 0.717) is 16.8 Å². The SMILES string of the molecule is O=C1CC(=O)OC(c2ccccc2-c2ccnnn2)O1. The summed E-state index contributed by atoms with van der Waals surface area (Å²) in [5.74, 6) is -1.22. The Balaban J connectivity index is 2.02. The smallest absolute Gasteiger partial charge is 0.320 e. The van der Waals surface area contributed by atoms with E-state index in [1.54, 1.807) is 30.3 Å². The van der Waals surface area contributed by atoms with Gasteiger partial charge in [-0.2, -0.15) is 0 Å². The van der Waals surface area contributed by atoms with Gasteiger partial charge in [-0.15, -0.1) is 10.2 Å². The number of esters is 2. The van der Waals surface area contributed by atoms with Crippen molar-refractivity contribution in [2.75, 3.05) is 0 Å². The molecule has 1 aliphatic rings. The number of nitrogens with zero attached hydrogens (tertiary/aromatic N) is 3. The molecular weight excluding hydrogens is 262 g/mol. The van der Waals surface area contributed by atoms with E-state index in [1.165, 1.54) is 6.20 Å². The van der Waals surface area contributed by atoms with Gasteiger partial charge in [0.15, 0.2) is 0 Å². The summed E-state index contributed by atoms with van der Waals surface area (Å²) in [7, 11) is 0. The summed E-state index contributed by atoms with van der Waals surface area (Å²) >= 11 is 0. The molecule has 1 aromatic carbocycles. The second-order valence-electron chi connectivity index (χ2n) is 4.08. The number of carbonyl (C=O) groups excluding carboxylic acids is 2. The van der Waals surface area contributed by atoms with Crippen molar-refractivity contribution in [2.24, 2.45) is 0 Å². The molecule has 0 spiro atoms. The molecule has 1 aliphatic heterocycles.